The van der Waals surface area contributed by atoms with Gasteiger partial charge in [-0.25, -0.2) is 32.9 Å². The number of aromatic amines is 2. The molecule has 0 fully saturated rings. The van der Waals surface area contributed by atoms with E-state index in [9.17, 15) is 27.9 Å². The molecule has 0 aliphatic heterocycles. The summed E-state index contributed by atoms with van der Waals surface area (Å²) in [5, 5.41) is 15.4. The Morgan fingerprint density at radius 2 is 1.86 bits per heavy atom. The normalized spacial score (nSPS) is 11.3. The number of rotatable bonds is 4. The number of hydrogen-bond acceptors (Lipinski definition) is 4. The minimum atomic E-state index is -1.37. The second-order valence-electron chi connectivity index (χ2n) is 6.13. The zero-order valence-electron chi connectivity index (χ0n) is 14.5. The van der Waals surface area contributed by atoms with Crippen molar-refractivity contribution in [1.29, 1.82) is 0 Å². The molecule has 3 N–H and O–H groups in total. The maximum absolute atomic E-state index is 13.7. The van der Waals surface area contributed by atoms with E-state index < -0.39 is 30.0 Å². The Bertz CT molecular complexity index is 1320. The van der Waals surface area contributed by atoms with Gasteiger partial charge in [-0.2, -0.15) is 5.10 Å². The van der Waals surface area contributed by atoms with E-state index in [2.05, 4.69) is 20.2 Å². The van der Waals surface area contributed by atoms with Crippen molar-refractivity contribution in [3.05, 3.63) is 52.3 Å². The predicted octanol–water partition coefficient (Wildman–Crippen LogP) is 3.20. The lowest BCUT2D eigenvalue weighted by Crippen LogP contribution is -2.32. The van der Waals surface area contributed by atoms with Gasteiger partial charge >= 0.3 is 6.09 Å². The van der Waals surface area contributed by atoms with Crippen LogP contribution in [0.2, 0.25) is 0 Å². The minimum Gasteiger partial charge on any atom is -0.465 e. The zero-order valence-corrected chi connectivity index (χ0v) is 14.5. The van der Waals surface area contributed by atoms with Crippen LogP contribution in [0.25, 0.3) is 33.1 Å². The van der Waals surface area contributed by atoms with Crippen molar-refractivity contribution in [2.75, 3.05) is 18.1 Å². The highest BCUT2D eigenvalue weighted by atomic mass is 19.2. The molecule has 0 spiro atoms. The average molecular weight is 403 g/mol. The standard InChI is InChI=1S/C18H12F3N5O3/c19-3-4-26(18(28)29)17-22-13-2-1-8(5-14(13)23-17)15-9-6-11(20)12(21)7-10(9)16(27)25-24-15/h1-2,5-7H,3-4H2,(H,22,23)(H,25,27)(H,28,29). The van der Waals surface area contributed by atoms with Crippen LogP contribution in [0.4, 0.5) is 23.9 Å². The quantitative estimate of drug-likeness (QED) is 0.484. The topological polar surface area (TPSA) is 115 Å². The number of aromatic nitrogens is 4. The predicted molar refractivity (Wildman–Crippen MR) is 98.7 cm³/mol. The molecular weight excluding hydrogens is 391 g/mol. The highest BCUT2D eigenvalue weighted by Crippen LogP contribution is 2.29. The first-order valence-electron chi connectivity index (χ1n) is 8.33. The summed E-state index contributed by atoms with van der Waals surface area (Å²) < 4.78 is 39.9. The van der Waals surface area contributed by atoms with Crippen LogP contribution in [0.15, 0.2) is 35.1 Å². The van der Waals surface area contributed by atoms with Crippen molar-refractivity contribution in [3.8, 4) is 11.3 Å². The number of nitrogens with one attached hydrogen (secondary N) is 2. The molecule has 0 bridgehead atoms. The van der Waals surface area contributed by atoms with Gasteiger partial charge in [0.15, 0.2) is 11.6 Å². The smallest absolute Gasteiger partial charge is 0.414 e. The summed E-state index contributed by atoms with van der Waals surface area (Å²) in [5.41, 5.74) is 0.768. The maximum atomic E-state index is 13.7. The van der Waals surface area contributed by atoms with Gasteiger partial charge in [0, 0.05) is 10.9 Å². The van der Waals surface area contributed by atoms with Gasteiger partial charge in [-0.15, -0.1) is 0 Å². The molecule has 29 heavy (non-hydrogen) atoms. The van der Waals surface area contributed by atoms with Gasteiger partial charge in [-0.1, -0.05) is 6.07 Å². The van der Waals surface area contributed by atoms with Crippen LogP contribution < -0.4 is 10.5 Å². The fourth-order valence-electron chi connectivity index (χ4n) is 3.03. The summed E-state index contributed by atoms with van der Waals surface area (Å²) in [5.74, 6) is -2.34. The molecule has 2 heterocycles. The van der Waals surface area contributed by atoms with Crippen LogP contribution in [0, 0.1) is 11.6 Å². The number of H-pyrrole nitrogens is 2. The SMILES string of the molecule is O=C(O)N(CCF)c1nc2ccc(-c3n[nH]c(=O)c4cc(F)c(F)cc34)cc2[nH]1. The Morgan fingerprint density at radius 1 is 1.14 bits per heavy atom. The molecule has 0 radical (unpaired) electrons. The second-order valence-corrected chi connectivity index (χ2v) is 6.13. The van der Waals surface area contributed by atoms with E-state index in [1.54, 1.807) is 18.2 Å². The zero-order chi connectivity index (χ0) is 20.7. The number of amides is 1. The number of halogens is 3. The molecule has 2 aromatic carbocycles. The number of benzene rings is 2. The van der Waals surface area contributed by atoms with Crippen molar-refractivity contribution in [2.24, 2.45) is 0 Å². The summed E-state index contributed by atoms with van der Waals surface area (Å²) in [4.78, 5) is 30.8. The average Bonchev–Trinajstić information content (AvgIpc) is 3.10. The molecule has 148 valence electrons. The van der Waals surface area contributed by atoms with Crippen molar-refractivity contribution >= 4 is 33.8 Å². The molecule has 0 aliphatic rings. The Morgan fingerprint density at radius 3 is 2.55 bits per heavy atom. The maximum Gasteiger partial charge on any atom is 0.414 e. The van der Waals surface area contributed by atoms with E-state index in [1.165, 1.54) is 0 Å². The van der Waals surface area contributed by atoms with Gasteiger partial charge in [0.1, 0.15) is 6.67 Å². The highest BCUT2D eigenvalue weighted by molar-refractivity contribution is 5.96. The molecule has 0 unspecified atom stereocenters. The fraction of sp³-hybridized carbons (Fsp3) is 0.111. The van der Waals surface area contributed by atoms with Crippen molar-refractivity contribution in [2.45, 2.75) is 0 Å². The summed E-state index contributed by atoms with van der Waals surface area (Å²) in [6.07, 6.45) is -1.37. The largest absolute Gasteiger partial charge is 0.465 e. The van der Waals surface area contributed by atoms with E-state index in [0.29, 0.717) is 16.6 Å². The third kappa shape index (κ3) is 3.16. The summed E-state index contributed by atoms with van der Waals surface area (Å²) in [6, 6.07) is 6.37. The first kappa shape index (κ1) is 18.5. The van der Waals surface area contributed by atoms with Crippen LogP contribution in [-0.2, 0) is 0 Å². The Labute approximate surface area is 159 Å². The third-order valence-corrected chi connectivity index (χ3v) is 4.37. The molecule has 0 saturated carbocycles. The molecule has 0 atom stereocenters. The van der Waals surface area contributed by atoms with E-state index in [1.807, 2.05) is 0 Å². The lowest BCUT2D eigenvalue weighted by molar-refractivity contribution is 0.200. The Hall–Kier alpha value is -3.89. The highest BCUT2D eigenvalue weighted by Gasteiger charge is 2.19. The lowest BCUT2D eigenvalue weighted by Gasteiger charge is -2.13. The van der Waals surface area contributed by atoms with Gasteiger partial charge in [0.05, 0.1) is 28.7 Å². The molecular formula is C18H12F3N5O3. The molecule has 4 rings (SSSR count). The van der Waals surface area contributed by atoms with Crippen LogP contribution >= 0.6 is 0 Å². The monoisotopic (exact) mass is 403 g/mol. The third-order valence-electron chi connectivity index (χ3n) is 4.37. The van der Waals surface area contributed by atoms with Gasteiger partial charge in [0.25, 0.3) is 5.56 Å². The van der Waals surface area contributed by atoms with E-state index in [0.717, 1.165) is 17.0 Å². The number of fused-ring (bicyclic) bond motifs is 2. The van der Waals surface area contributed by atoms with E-state index >= 15 is 0 Å². The van der Waals surface area contributed by atoms with Crippen LogP contribution in [-0.4, -0.2) is 44.6 Å². The first-order valence-corrected chi connectivity index (χ1v) is 8.33. The molecule has 2 aromatic heterocycles. The van der Waals surface area contributed by atoms with E-state index in [4.69, 9.17) is 0 Å². The number of anilines is 1. The number of imidazole rings is 1. The summed E-state index contributed by atoms with van der Waals surface area (Å²) in [6.45, 7) is -1.27. The van der Waals surface area contributed by atoms with Crippen LogP contribution in [0.3, 0.4) is 0 Å². The second kappa shape index (κ2) is 6.93. The molecule has 0 saturated heterocycles. The van der Waals surface area contributed by atoms with Crippen molar-refractivity contribution < 1.29 is 23.1 Å². The van der Waals surface area contributed by atoms with Crippen LogP contribution in [0.1, 0.15) is 0 Å². The van der Waals surface area contributed by atoms with Gasteiger partial charge in [-0.05, 0) is 24.3 Å². The first-order chi connectivity index (χ1) is 13.9. The number of carboxylic acid groups (broad SMARTS) is 1. The number of hydrogen-bond donors (Lipinski definition) is 3. The molecule has 4 aromatic rings. The van der Waals surface area contributed by atoms with E-state index in [-0.39, 0.29) is 29.0 Å². The minimum absolute atomic E-state index is 0.0605. The fourth-order valence-corrected chi connectivity index (χ4v) is 3.03. The number of alkyl halides is 1. The molecule has 1 amide bonds. The molecule has 11 heteroatoms. The van der Waals surface area contributed by atoms with Crippen molar-refractivity contribution in [3.63, 3.8) is 0 Å². The Kier molecular flexibility index (Phi) is 4.41. The summed E-state index contributed by atoms with van der Waals surface area (Å²) in [7, 11) is 0. The van der Waals surface area contributed by atoms with Gasteiger partial charge < -0.3 is 10.1 Å². The Balaban J connectivity index is 1.87. The lowest BCUT2D eigenvalue weighted by atomic mass is 10.0. The van der Waals surface area contributed by atoms with Gasteiger partial charge in [0.2, 0.25) is 5.95 Å². The summed E-state index contributed by atoms with van der Waals surface area (Å²) >= 11 is 0. The number of nitrogens with zero attached hydrogens (tertiary/aromatic N) is 3. The number of carbonyl (C=O) groups is 1. The molecule has 0 aliphatic carbocycles. The van der Waals surface area contributed by atoms with Crippen molar-refractivity contribution in [1.82, 2.24) is 20.2 Å². The molecule has 8 nitrogen and oxygen atoms in total. The van der Waals surface area contributed by atoms with Crippen LogP contribution in [0.5, 0.6) is 0 Å². The van der Waals surface area contributed by atoms with Gasteiger partial charge in [-0.3, -0.25) is 4.79 Å².